The van der Waals surface area contributed by atoms with Crippen molar-refractivity contribution in [1.82, 2.24) is 0 Å². The van der Waals surface area contributed by atoms with Gasteiger partial charge in [-0.1, -0.05) is 17.7 Å². The molecule has 0 N–H and O–H groups in total. The first-order valence-corrected chi connectivity index (χ1v) is 4.36. The van der Waals surface area contributed by atoms with Gasteiger partial charge < -0.3 is 0 Å². The Morgan fingerprint density at radius 3 is 1.62 bits per heavy atom. The van der Waals surface area contributed by atoms with Crippen LogP contribution in [0.1, 0.15) is 16.7 Å². The van der Waals surface area contributed by atoms with Gasteiger partial charge in [-0.25, -0.2) is 0 Å². The van der Waals surface area contributed by atoms with Crippen molar-refractivity contribution >= 4 is 11.6 Å². The lowest BCUT2D eigenvalue weighted by Gasteiger charge is -2.18. The summed E-state index contributed by atoms with van der Waals surface area (Å²) in [5.74, 6) is 0. The second-order valence-corrected chi connectivity index (χ2v) is 3.52. The van der Waals surface area contributed by atoms with E-state index in [0.717, 1.165) is 19.1 Å². The number of benzene rings is 1. The second kappa shape index (κ2) is 3.84. The average Bonchev–Trinajstić information content (AvgIpc) is 2.04. The summed E-state index contributed by atoms with van der Waals surface area (Å²) in [7, 11) is 0. The summed E-state index contributed by atoms with van der Waals surface area (Å²) < 4.78 is 74.7. The summed E-state index contributed by atoms with van der Waals surface area (Å²) in [5, 5.41) is -0.953. The molecule has 0 amide bonds. The zero-order chi connectivity index (χ0) is 12.7. The molecule has 0 radical (unpaired) electrons. The molecule has 0 heterocycles. The molecule has 7 heteroatoms. The number of rotatable bonds is 0. The van der Waals surface area contributed by atoms with Gasteiger partial charge in [0.2, 0.25) is 0 Å². The van der Waals surface area contributed by atoms with Crippen LogP contribution in [0.4, 0.5) is 26.3 Å². The number of alkyl halides is 6. The maximum Gasteiger partial charge on any atom is 0.418 e. The van der Waals surface area contributed by atoms with Gasteiger partial charge in [-0.15, -0.1) is 0 Å². The maximum absolute atomic E-state index is 12.5. The second-order valence-electron chi connectivity index (χ2n) is 3.11. The number of hydrogen-bond acceptors (Lipinski definition) is 0. The van der Waals surface area contributed by atoms with Crippen LogP contribution in [0.15, 0.2) is 12.1 Å². The van der Waals surface area contributed by atoms with E-state index in [1.54, 1.807) is 0 Å². The number of halogens is 7. The average molecular weight is 263 g/mol. The van der Waals surface area contributed by atoms with E-state index >= 15 is 0 Å². The molecule has 1 rings (SSSR count). The molecule has 0 aliphatic carbocycles. The number of aryl methyl sites for hydroxylation is 1. The first kappa shape index (κ1) is 13.2. The SMILES string of the molecule is Cc1ccc(Cl)c(C(F)(F)F)c1C(F)(F)F. The van der Waals surface area contributed by atoms with Crippen LogP contribution in [0.5, 0.6) is 0 Å². The highest BCUT2D eigenvalue weighted by molar-refractivity contribution is 6.31. The van der Waals surface area contributed by atoms with Crippen molar-refractivity contribution in [2.45, 2.75) is 19.3 Å². The van der Waals surface area contributed by atoms with Crippen molar-refractivity contribution in [2.75, 3.05) is 0 Å². The summed E-state index contributed by atoms with van der Waals surface area (Å²) in [6.07, 6.45) is -10.2. The molecule has 0 spiro atoms. The van der Waals surface area contributed by atoms with Gasteiger partial charge in [-0.3, -0.25) is 0 Å². The van der Waals surface area contributed by atoms with Gasteiger partial charge in [0.25, 0.3) is 0 Å². The molecule has 0 bridgehead atoms. The molecule has 90 valence electrons. The Bertz CT molecular complexity index is 365. The molecule has 0 unspecified atom stereocenters. The van der Waals surface area contributed by atoms with Crippen LogP contribution in [0.2, 0.25) is 5.02 Å². The lowest BCUT2D eigenvalue weighted by Crippen LogP contribution is -2.18. The zero-order valence-electron chi connectivity index (χ0n) is 7.80. The quantitative estimate of drug-likeness (QED) is 0.595. The van der Waals surface area contributed by atoms with Gasteiger partial charge >= 0.3 is 12.4 Å². The van der Waals surface area contributed by atoms with Gasteiger partial charge in [0.15, 0.2) is 0 Å². The molecule has 1 aromatic rings. The summed E-state index contributed by atoms with van der Waals surface area (Å²) in [4.78, 5) is 0. The monoisotopic (exact) mass is 262 g/mol. The molecule has 0 aliphatic rings. The van der Waals surface area contributed by atoms with E-state index in [4.69, 9.17) is 11.6 Å². The third-order valence-corrected chi connectivity index (χ3v) is 2.24. The van der Waals surface area contributed by atoms with E-state index in [1.165, 1.54) is 0 Å². The summed E-state index contributed by atoms with van der Waals surface area (Å²) in [6, 6.07) is 1.70. The molecule has 16 heavy (non-hydrogen) atoms. The standard InChI is InChI=1S/C9H5ClF6/c1-4-2-3-5(10)7(9(14,15)16)6(4)8(11,12)13/h2-3H,1H3. The summed E-state index contributed by atoms with van der Waals surface area (Å²) in [6.45, 7) is 0.953. The van der Waals surface area contributed by atoms with Crippen LogP contribution in [0.25, 0.3) is 0 Å². The first-order valence-electron chi connectivity index (χ1n) is 3.98. The molecule has 0 aromatic heterocycles. The zero-order valence-corrected chi connectivity index (χ0v) is 8.56. The van der Waals surface area contributed by atoms with Crippen molar-refractivity contribution in [3.05, 3.63) is 33.8 Å². The molecule has 0 atom stereocenters. The highest BCUT2D eigenvalue weighted by Gasteiger charge is 2.45. The smallest absolute Gasteiger partial charge is 0.166 e. The molecule has 0 saturated heterocycles. The Hall–Kier alpha value is -0.910. The molecule has 0 nitrogen and oxygen atoms in total. The van der Waals surface area contributed by atoms with Gasteiger partial charge in [0.05, 0.1) is 16.1 Å². The molecule has 0 aliphatic heterocycles. The summed E-state index contributed by atoms with van der Waals surface area (Å²) in [5.41, 5.74) is -4.07. The Morgan fingerprint density at radius 1 is 0.875 bits per heavy atom. The van der Waals surface area contributed by atoms with Crippen LogP contribution in [-0.2, 0) is 12.4 Å². The molecule has 0 saturated carbocycles. The van der Waals surface area contributed by atoms with Gasteiger partial charge in [-0.2, -0.15) is 26.3 Å². The van der Waals surface area contributed by atoms with Crippen LogP contribution >= 0.6 is 11.6 Å². The highest BCUT2D eigenvalue weighted by atomic mass is 35.5. The van der Waals surface area contributed by atoms with E-state index in [2.05, 4.69) is 0 Å². The lowest BCUT2D eigenvalue weighted by atomic mass is 10.0. The van der Waals surface area contributed by atoms with Crippen LogP contribution < -0.4 is 0 Å². The van der Waals surface area contributed by atoms with E-state index in [-0.39, 0.29) is 0 Å². The van der Waals surface area contributed by atoms with E-state index in [0.29, 0.717) is 0 Å². The Kier molecular flexibility index (Phi) is 3.15. The predicted octanol–water partition coefficient (Wildman–Crippen LogP) is 4.69. The van der Waals surface area contributed by atoms with Crippen molar-refractivity contribution in [2.24, 2.45) is 0 Å². The fourth-order valence-corrected chi connectivity index (χ4v) is 1.59. The largest absolute Gasteiger partial charge is 0.418 e. The normalized spacial score (nSPS) is 13.0. The van der Waals surface area contributed by atoms with Crippen LogP contribution in [0, 0.1) is 6.92 Å². The molecule has 1 aromatic carbocycles. The van der Waals surface area contributed by atoms with Crippen LogP contribution in [0.3, 0.4) is 0 Å². The summed E-state index contributed by atoms with van der Waals surface area (Å²) >= 11 is 5.17. The van der Waals surface area contributed by atoms with E-state index < -0.39 is 34.1 Å². The van der Waals surface area contributed by atoms with E-state index in [1.807, 2.05) is 0 Å². The van der Waals surface area contributed by atoms with Gasteiger partial charge in [0.1, 0.15) is 0 Å². The highest BCUT2D eigenvalue weighted by Crippen LogP contribution is 2.44. The lowest BCUT2D eigenvalue weighted by molar-refractivity contribution is -0.162. The fraction of sp³-hybridized carbons (Fsp3) is 0.333. The van der Waals surface area contributed by atoms with Crippen molar-refractivity contribution in [3.63, 3.8) is 0 Å². The Labute approximate surface area is 91.8 Å². The molecular formula is C9H5ClF6. The van der Waals surface area contributed by atoms with Crippen LogP contribution in [-0.4, -0.2) is 0 Å². The molecular weight excluding hydrogens is 258 g/mol. The minimum absolute atomic E-state index is 0.510. The number of hydrogen-bond donors (Lipinski definition) is 0. The van der Waals surface area contributed by atoms with Gasteiger partial charge in [-0.05, 0) is 18.6 Å². The third-order valence-electron chi connectivity index (χ3n) is 1.93. The first-order chi connectivity index (χ1) is 7.05. The minimum Gasteiger partial charge on any atom is -0.166 e. The third kappa shape index (κ3) is 2.42. The maximum atomic E-state index is 12.5. The van der Waals surface area contributed by atoms with Crippen molar-refractivity contribution in [3.8, 4) is 0 Å². The van der Waals surface area contributed by atoms with E-state index in [9.17, 15) is 26.3 Å². The fourth-order valence-electron chi connectivity index (χ4n) is 1.32. The Balaban J connectivity index is 3.64. The topological polar surface area (TPSA) is 0 Å². The predicted molar refractivity (Wildman–Crippen MR) is 46.2 cm³/mol. The van der Waals surface area contributed by atoms with Crippen molar-refractivity contribution < 1.29 is 26.3 Å². The Morgan fingerprint density at radius 2 is 1.31 bits per heavy atom. The molecule has 0 fully saturated rings. The van der Waals surface area contributed by atoms with Crippen molar-refractivity contribution in [1.29, 1.82) is 0 Å². The van der Waals surface area contributed by atoms with Gasteiger partial charge in [0, 0.05) is 0 Å². The minimum atomic E-state index is -5.13.